The minimum Gasteiger partial charge on any atom is -0.405 e. The van der Waals surface area contributed by atoms with Gasteiger partial charge in [-0.1, -0.05) is 27.5 Å². The van der Waals surface area contributed by atoms with E-state index in [9.17, 15) is 13.2 Å². The summed E-state index contributed by atoms with van der Waals surface area (Å²) in [4.78, 5) is 3.03. The van der Waals surface area contributed by atoms with Gasteiger partial charge in [-0.3, -0.25) is 4.90 Å². The smallest absolute Gasteiger partial charge is 0.405 e. The molecule has 1 saturated heterocycles. The lowest BCUT2D eigenvalue weighted by Gasteiger charge is -2.35. The summed E-state index contributed by atoms with van der Waals surface area (Å²) in [6.45, 7) is 2.99. The fourth-order valence-electron chi connectivity index (χ4n) is 2.90. The lowest BCUT2D eigenvalue weighted by Crippen LogP contribution is -2.45. The molecule has 1 fully saturated rings. The molecular formula is C16H15BrClF3N2OS. The van der Waals surface area contributed by atoms with Gasteiger partial charge in [-0.2, -0.15) is 0 Å². The summed E-state index contributed by atoms with van der Waals surface area (Å²) in [6, 6.07) is 7.84. The van der Waals surface area contributed by atoms with Crippen LogP contribution in [0.3, 0.4) is 0 Å². The Balaban J connectivity index is 2.07. The van der Waals surface area contributed by atoms with Crippen molar-refractivity contribution in [2.24, 2.45) is 0 Å². The van der Waals surface area contributed by atoms with Crippen LogP contribution in [0.15, 0.2) is 34.8 Å². The van der Waals surface area contributed by atoms with Crippen LogP contribution in [0, 0.1) is 0 Å². The molecule has 2 heterocycles. The Hall–Kier alpha value is -0.800. The van der Waals surface area contributed by atoms with Gasteiger partial charge in [0.2, 0.25) is 0 Å². The van der Waals surface area contributed by atoms with Crippen LogP contribution in [0.25, 0.3) is 0 Å². The van der Waals surface area contributed by atoms with Gasteiger partial charge in [-0.05, 0) is 30.3 Å². The SMILES string of the molecule is FC(F)(F)Oc1ccc(Br)cc1[C@H](c1ccc(Cl)s1)N1CCNCC1. The van der Waals surface area contributed by atoms with Gasteiger partial charge in [0.15, 0.2) is 0 Å². The Labute approximate surface area is 160 Å². The molecule has 25 heavy (non-hydrogen) atoms. The molecule has 1 aromatic heterocycles. The number of rotatable bonds is 4. The van der Waals surface area contributed by atoms with E-state index >= 15 is 0 Å². The highest BCUT2D eigenvalue weighted by molar-refractivity contribution is 9.10. The van der Waals surface area contributed by atoms with Crippen molar-refractivity contribution < 1.29 is 17.9 Å². The number of halogens is 5. The van der Waals surface area contributed by atoms with Crippen LogP contribution in [-0.4, -0.2) is 37.4 Å². The molecule has 2 aromatic rings. The van der Waals surface area contributed by atoms with Gasteiger partial charge in [0.25, 0.3) is 0 Å². The summed E-state index contributed by atoms with van der Waals surface area (Å²) in [5.74, 6) is -0.191. The van der Waals surface area contributed by atoms with Crippen LogP contribution in [0.1, 0.15) is 16.5 Å². The first-order chi connectivity index (χ1) is 11.8. The molecule has 3 rings (SSSR count). The van der Waals surface area contributed by atoms with Gasteiger partial charge in [-0.25, -0.2) is 0 Å². The number of nitrogens with zero attached hydrogens (tertiary/aromatic N) is 1. The third-order valence-electron chi connectivity index (χ3n) is 3.87. The van der Waals surface area contributed by atoms with E-state index in [4.69, 9.17) is 11.6 Å². The molecule has 0 radical (unpaired) electrons. The second-order valence-corrected chi connectivity index (χ2v) is 8.22. The van der Waals surface area contributed by atoms with Gasteiger partial charge in [-0.15, -0.1) is 24.5 Å². The normalized spacial score (nSPS) is 17.5. The van der Waals surface area contributed by atoms with Gasteiger partial charge in [0.05, 0.1) is 10.4 Å². The molecule has 0 unspecified atom stereocenters. The monoisotopic (exact) mass is 454 g/mol. The fraction of sp³-hybridized carbons (Fsp3) is 0.375. The van der Waals surface area contributed by atoms with E-state index in [1.54, 1.807) is 18.2 Å². The first-order valence-corrected chi connectivity index (χ1v) is 9.57. The lowest BCUT2D eigenvalue weighted by atomic mass is 10.0. The van der Waals surface area contributed by atoms with E-state index in [0.29, 0.717) is 14.4 Å². The molecular weight excluding hydrogens is 441 g/mol. The molecule has 0 saturated carbocycles. The van der Waals surface area contributed by atoms with E-state index in [1.807, 2.05) is 6.07 Å². The van der Waals surface area contributed by atoms with Crippen molar-refractivity contribution in [1.29, 1.82) is 0 Å². The summed E-state index contributed by atoms with van der Waals surface area (Å²) in [5.41, 5.74) is 0.465. The number of benzene rings is 1. The third-order valence-corrected chi connectivity index (χ3v) is 5.65. The van der Waals surface area contributed by atoms with Crippen LogP contribution < -0.4 is 10.1 Å². The van der Waals surface area contributed by atoms with Crippen molar-refractivity contribution in [3.8, 4) is 5.75 Å². The average Bonchev–Trinajstić information content (AvgIpc) is 2.96. The number of thiophene rings is 1. The maximum absolute atomic E-state index is 12.9. The minimum atomic E-state index is -4.75. The zero-order chi connectivity index (χ0) is 18.0. The van der Waals surface area contributed by atoms with Crippen LogP contribution in [-0.2, 0) is 0 Å². The van der Waals surface area contributed by atoms with Gasteiger partial charge in [0, 0.05) is 41.1 Å². The first-order valence-electron chi connectivity index (χ1n) is 7.59. The van der Waals surface area contributed by atoms with Crippen LogP contribution in [0.5, 0.6) is 5.75 Å². The zero-order valence-corrected chi connectivity index (χ0v) is 16.1. The Kier molecular flexibility index (Phi) is 5.95. The van der Waals surface area contributed by atoms with Crippen molar-refractivity contribution in [2.75, 3.05) is 26.2 Å². The fourth-order valence-corrected chi connectivity index (χ4v) is 4.49. The standard InChI is InChI=1S/C16H15BrClF3N2OS/c17-10-1-2-12(24-16(19,20)21)11(9-10)15(13-3-4-14(18)25-13)23-7-5-22-6-8-23/h1-4,9,15,22H,5-8H2/t15-/m1/s1. The summed E-state index contributed by atoms with van der Waals surface area (Å²) in [5, 5.41) is 3.26. The Morgan fingerprint density at radius 3 is 2.52 bits per heavy atom. The molecule has 136 valence electrons. The Morgan fingerprint density at radius 1 is 1.20 bits per heavy atom. The maximum atomic E-state index is 12.9. The van der Waals surface area contributed by atoms with Crippen molar-refractivity contribution in [3.05, 3.63) is 49.6 Å². The van der Waals surface area contributed by atoms with Crippen molar-refractivity contribution >= 4 is 38.9 Å². The van der Waals surface area contributed by atoms with E-state index in [0.717, 1.165) is 31.1 Å². The average molecular weight is 456 g/mol. The molecule has 0 bridgehead atoms. The van der Waals surface area contributed by atoms with E-state index in [-0.39, 0.29) is 11.8 Å². The number of piperazine rings is 1. The van der Waals surface area contributed by atoms with Crippen LogP contribution >= 0.6 is 38.9 Å². The molecule has 1 aliphatic rings. The number of nitrogens with one attached hydrogen (secondary N) is 1. The highest BCUT2D eigenvalue weighted by Gasteiger charge is 2.35. The third kappa shape index (κ3) is 4.89. The number of hydrogen-bond acceptors (Lipinski definition) is 4. The van der Waals surface area contributed by atoms with E-state index in [1.165, 1.54) is 17.4 Å². The van der Waals surface area contributed by atoms with Crippen molar-refractivity contribution in [1.82, 2.24) is 10.2 Å². The molecule has 0 aliphatic carbocycles. The van der Waals surface area contributed by atoms with Gasteiger partial charge >= 0.3 is 6.36 Å². The topological polar surface area (TPSA) is 24.5 Å². The molecule has 1 aromatic carbocycles. The molecule has 1 atom stereocenters. The lowest BCUT2D eigenvalue weighted by molar-refractivity contribution is -0.275. The molecule has 1 N–H and O–H groups in total. The molecule has 0 amide bonds. The molecule has 1 aliphatic heterocycles. The Morgan fingerprint density at radius 2 is 1.92 bits per heavy atom. The van der Waals surface area contributed by atoms with Crippen LogP contribution in [0.2, 0.25) is 4.34 Å². The predicted molar refractivity (Wildman–Crippen MR) is 96.4 cm³/mol. The first kappa shape index (κ1) is 19.0. The number of ether oxygens (including phenoxy) is 1. The largest absolute Gasteiger partial charge is 0.573 e. The minimum absolute atomic E-state index is 0.191. The number of alkyl halides is 3. The number of hydrogen-bond donors (Lipinski definition) is 1. The predicted octanol–water partition coefficient (Wildman–Crippen LogP) is 5.06. The van der Waals surface area contributed by atoms with Crippen molar-refractivity contribution in [3.63, 3.8) is 0 Å². The van der Waals surface area contributed by atoms with Crippen molar-refractivity contribution in [2.45, 2.75) is 12.4 Å². The maximum Gasteiger partial charge on any atom is 0.573 e. The molecule has 0 spiro atoms. The summed E-state index contributed by atoms with van der Waals surface area (Å²) in [7, 11) is 0. The summed E-state index contributed by atoms with van der Waals surface area (Å²) in [6.07, 6.45) is -4.75. The summed E-state index contributed by atoms with van der Waals surface area (Å²) < 4.78 is 44.2. The van der Waals surface area contributed by atoms with Crippen LogP contribution in [0.4, 0.5) is 13.2 Å². The second kappa shape index (κ2) is 7.84. The highest BCUT2D eigenvalue weighted by Crippen LogP contribution is 2.41. The second-order valence-electron chi connectivity index (χ2n) is 5.56. The Bertz CT molecular complexity index is 734. The highest BCUT2D eigenvalue weighted by atomic mass is 79.9. The van der Waals surface area contributed by atoms with Gasteiger partial charge in [0.1, 0.15) is 5.75 Å². The van der Waals surface area contributed by atoms with E-state index < -0.39 is 6.36 Å². The molecule has 3 nitrogen and oxygen atoms in total. The molecule has 9 heteroatoms. The summed E-state index contributed by atoms with van der Waals surface area (Å²) >= 11 is 10.8. The van der Waals surface area contributed by atoms with E-state index in [2.05, 4.69) is 30.9 Å². The quantitative estimate of drug-likeness (QED) is 0.698. The zero-order valence-electron chi connectivity index (χ0n) is 12.9. The van der Waals surface area contributed by atoms with Gasteiger partial charge < -0.3 is 10.1 Å².